The maximum atomic E-state index is 10.3. The van der Waals surface area contributed by atoms with Gasteiger partial charge in [0, 0.05) is 15.9 Å². The topological polar surface area (TPSA) is 57.2 Å². The van der Waals surface area contributed by atoms with Crippen LogP contribution >= 0.6 is 15.9 Å². The molecule has 6 heteroatoms. The van der Waals surface area contributed by atoms with Crippen LogP contribution in [0.3, 0.4) is 0 Å². The Bertz CT molecular complexity index is 912. The highest BCUT2D eigenvalue weighted by Crippen LogP contribution is 2.19. The molecule has 4 nitrogen and oxygen atoms in total. The van der Waals surface area contributed by atoms with Gasteiger partial charge in [-0.05, 0) is 79.2 Å². The number of hydrogen-bond donors (Lipinski definition) is 0. The Labute approximate surface area is 289 Å². The van der Waals surface area contributed by atoms with Crippen molar-refractivity contribution in [1.82, 2.24) is 0 Å². The summed E-state index contributed by atoms with van der Waals surface area (Å²) in [6.07, 6.45) is 25.3. The van der Waals surface area contributed by atoms with E-state index in [0.29, 0.717) is 0 Å². The minimum absolute atomic E-state index is 0.185. The van der Waals surface area contributed by atoms with E-state index in [1.807, 2.05) is 0 Å². The van der Waals surface area contributed by atoms with Crippen molar-refractivity contribution >= 4 is 26.0 Å². The average molecular weight is 713 g/mol. The standard InChI is InChI=1S/C33H65BrN.C6H6O3S/c1-31(2)23-16-10-7-13-19-27-35(30-22-26-34,28-20-14-8-11-17-24-32(3)4)29-21-15-9-12-18-25-33(5)6;7-10(8,9)6-4-2-1-3-5-6/h31-33H,7-21,23-25,27-30H2,1-6H3;1-5H,(H,7,8,9)/q+1;/p-1. The molecule has 0 saturated heterocycles. The number of halogens is 1. The molecular weight excluding hydrogens is 642 g/mol. The molecule has 0 bridgehead atoms. The largest absolute Gasteiger partial charge is 0.744 e. The first kappa shape index (κ1) is 44.1. The van der Waals surface area contributed by atoms with E-state index in [0.717, 1.165) is 24.3 Å². The van der Waals surface area contributed by atoms with Gasteiger partial charge in [-0.3, -0.25) is 0 Å². The van der Waals surface area contributed by atoms with Gasteiger partial charge in [-0.1, -0.05) is 137 Å². The summed E-state index contributed by atoms with van der Waals surface area (Å²) in [7, 11) is -4.25. The number of benzene rings is 1. The van der Waals surface area contributed by atoms with Crippen molar-refractivity contribution in [3.05, 3.63) is 30.3 Å². The van der Waals surface area contributed by atoms with Gasteiger partial charge in [0.15, 0.2) is 0 Å². The molecule has 1 rings (SSSR count). The summed E-state index contributed by atoms with van der Waals surface area (Å²) in [5, 5.41) is 0. The van der Waals surface area contributed by atoms with Gasteiger partial charge < -0.3 is 9.04 Å². The number of quaternary nitrogens is 1. The van der Waals surface area contributed by atoms with Gasteiger partial charge in [-0.2, -0.15) is 0 Å². The maximum Gasteiger partial charge on any atom is 0.141 e. The van der Waals surface area contributed by atoms with Gasteiger partial charge in [0.25, 0.3) is 0 Å². The molecular formula is C39H70BrNO3S. The smallest absolute Gasteiger partial charge is 0.141 e. The Kier molecular flexibility index (Phi) is 27.6. The summed E-state index contributed by atoms with van der Waals surface area (Å²) >= 11 is 3.40. The third-order valence-corrected chi connectivity index (χ3v) is 9.88. The third-order valence-electron chi connectivity index (χ3n) is 8.75. The predicted molar refractivity (Wildman–Crippen MR) is 198 cm³/mol. The van der Waals surface area contributed by atoms with E-state index in [1.165, 1.54) is 164 Å². The summed E-state index contributed by atoms with van der Waals surface area (Å²) in [6, 6.07) is 7.19. The fraction of sp³-hybridized carbons (Fsp3) is 0.795. The van der Waals surface area contributed by atoms with Gasteiger partial charge in [0.2, 0.25) is 0 Å². The quantitative estimate of drug-likeness (QED) is 0.0416. The Morgan fingerprint density at radius 2 is 0.933 bits per heavy atom. The zero-order chi connectivity index (χ0) is 33.8. The van der Waals surface area contributed by atoms with Gasteiger partial charge in [0.05, 0.1) is 24.5 Å². The van der Waals surface area contributed by atoms with Crippen LogP contribution in [0.5, 0.6) is 0 Å². The highest BCUT2D eigenvalue weighted by Gasteiger charge is 2.25. The SMILES string of the molecule is CC(C)CCCCCCC[N+](CC#CBr)(CCCCCCCC(C)C)CCCCCCCC(C)C.O=S(=O)([O-])c1ccccc1. The average Bonchev–Trinajstić information content (AvgIpc) is 2.98. The van der Waals surface area contributed by atoms with E-state index in [4.69, 9.17) is 0 Å². The van der Waals surface area contributed by atoms with Gasteiger partial charge >= 0.3 is 0 Å². The van der Waals surface area contributed by atoms with Gasteiger partial charge in [-0.15, -0.1) is 0 Å². The van der Waals surface area contributed by atoms with E-state index >= 15 is 0 Å². The van der Waals surface area contributed by atoms with Gasteiger partial charge in [-0.25, -0.2) is 8.42 Å². The van der Waals surface area contributed by atoms with Crippen molar-refractivity contribution in [2.45, 2.75) is 162 Å². The number of nitrogens with zero attached hydrogens (tertiary/aromatic N) is 1. The van der Waals surface area contributed by atoms with Crippen molar-refractivity contribution in [2.24, 2.45) is 17.8 Å². The molecule has 0 unspecified atom stereocenters. The molecule has 0 amide bonds. The van der Waals surface area contributed by atoms with Crippen molar-refractivity contribution in [2.75, 3.05) is 26.2 Å². The molecule has 0 spiro atoms. The third kappa shape index (κ3) is 27.9. The van der Waals surface area contributed by atoms with E-state index in [2.05, 4.69) is 68.2 Å². The normalized spacial score (nSPS) is 11.9. The lowest BCUT2D eigenvalue weighted by atomic mass is 10.0. The molecule has 0 heterocycles. The molecule has 0 aromatic heterocycles. The second-order valence-corrected chi connectivity index (χ2v) is 16.3. The minimum atomic E-state index is -4.25. The first-order valence-corrected chi connectivity index (χ1v) is 20.6. The molecule has 0 radical (unpaired) electrons. The Balaban J connectivity index is 0.00000162. The lowest BCUT2D eigenvalue weighted by molar-refractivity contribution is -0.922. The number of hydrogen-bond acceptors (Lipinski definition) is 3. The summed E-state index contributed by atoms with van der Waals surface area (Å²) in [6.45, 7) is 19.2. The second kappa shape index (κ2) is 28.2. The lowest BCUT2D eigenvalue weighted by Crippen LogP contribution is -2.50. The zero-order valence-electron chi connectivity index (χ0n) is 30.1. The first-order valence-electron chi connectivity index (χ1n) is 18.4. The van der Waals surface area contributed by atoms with Crippen LogP contribution in [0.4, 0.5) is 0 Å². The Hall–Kier alpha value is -0.870. The molecule has 1 aromatic carbocycles. The monoisotopic (exact) mass is 711 g/mol. The Morgan fingerprint density at radius 1 is 0.600 bits per heavy atom. The molecule has 0 aliphatic heterocycles. The van der Waals surface area contributed by atoms with E-state index < -0.39 is 10.1 Å². The molecule has 262 valence electrons. The Morgan fingerprint density at radius 3 is 1.22 bits per heavy atom. The predicted octanol–water partition coefficient (Wildman–Crippen LogP) is 11.7. The fourth-order valence-electron chi connectivity index (χ4n) is 5.95. The van der Waals surface area contributed by atoms with Crippen molar-refractivity contribution in [3.8, 4) is 10.8 Å². The molecule has 0 aliphatic rings. The first-order chi connectivity index (χ1) is 21.4. The summed E-state index contributed by atoms with van der Waals surface area (Å²) in [4.78, 5) is 2.87. The van der Waals surface area contributed by atoms with Crippen LogP contribution in [-0.4, -0.2) is 43.6 Å². The summed E-state index contributed by atoms with van der Waals surface area (Å²) in [5.41, 5.74) is 0. The highest BCUT2D eigenvalue weighted by molar-refractivity contribution is 9.12. The lowest BCUT2D eigenvalue weighted by Gasteiger charge is -2.38. The van der Waals surface area contributed by atoms with Crippen molar-refractivity contribution in [1.29, 1.82) is 0 Å². The van der Waals surface area contributed by atoms with Crippen LogP contribution in [0.15, 0.2) is 35.2 Å². The van der Waals surface area contributed by atoms with Crippen LogP contribution in [0.1, 0.15) is 157 Å². The second-order valence-electron chi connectivity index (χ2n) is 14.6. The zero-order valence-corrected chi connectivity index (χ0v) is 32.5. The fourth-order valence-corrected chi connectivity index (χ4v) is 6.56. The van der Waals surface area contributed by atoms with Crippen LogP contribution < -0.4 is 0 Å². The summed E-state index contributed by atoms with van der Waals surface area (Å²) in [5.74, 6) is 6.03. The number of unbranched alkanes of at least 4 members (excludes halogenated alkanes) is 12. The molecule has 0 aliphatic carbocycles. The van der Waals surface area contributed by atoms with E-state index in [-0.39, 0.29) is 4.90 Å². The van der Waals surface area contributed by atoms with E-state index in [9.17, 15) is 13.0 Å². The van der Waals surface area contributed by atoms with Crippen LogP contribution in [0, 0.1) is 28.5 Å². The van der Waals surface area contributed by atoms with Crippen LogP contribution in [0.25, 0.3) is 0 Å². The van der Waals surface area contributed by atoms with Crippen LogP contribution in [0.2, 0.25) is 0 Å². The molecule has 0 N–H and O–H groups in total. The molecule has 45 heavy (non-hydrogen) atoms. The molecule has 1 aromatic rings. The molecule has 0 fully saturated rings. The van der Waals surface area contributed by atoms with E-state index in [1.54, 1.807) is 6.07 Å². The summed E-state index contributed by atoms with van der Waals surface area (Å²) < 4.78 is 32.1. The molecule has 0 saturated carbocycles. The van der Waals surface area contributed by atoms with Gasteiger partial charge in [0.1, 0.15) is 16.7 Å². The molecule has 0 atom stereocenters. The minimum Gasteiger partial charge on any atom is -0.744 e. The maximum absolute atomic E-state index is 10.3. The van der Waals surface area contributed by atoms with Crippen LogP contribution in [-0.2, 0) is 10.1 Å². The highest BCUT2D eigenvalue weighted by atomic mass is 79.9. The number of rotatable bonds is 26. The van der Waals surface area contributed by atoms with Crippen molar-refractivity contribution < 1.29 is 17.5 Å². The van der Waals surface area contributed by atoms with Crippen molar-refractivity contribution in [3.63, 3.8) is 0 Å².